The van der Waals surface area contributed by atoms with Crippen LogP contribution in [0.15, 0.2) is 54.6 Å². The Morgan fingerprint density at radius 2 is 1.88 bits per heavy atom. The molecule has 0 saturated carbocycles. The lowest BCUT2D eigenvalue weighted by Crippen LogP contribution is -2.29. The average molecular weight is 345 g/mol. The number of fused-ring (bicyclic) bond motifs is 3. The molecule has 0 bridgehead atoms. The number of nitrogens with one attached hydrogen (secondary N) is 1. The number of allylic oxidation sites excluding steroid dienone is 2. The number of rotatable bonds is 2. The first-order chi connectivity index (χ1) is 12.0. The van der Waals surface area contributed by atoms with Gasteiger partial charge in [0.25, 0.3) is 0 Å². The molecule has 2 aliphatic rings. The normalized spacial score (nSPS) is 24.4. The molecule has 1 N–H and O–H groups in total. The van der Waals surface area contributed by atoms with Gasteiger partial charge in [-0.05, 0) is 42.2 Å². The number of hydrogen-bond donors (Lipinski definition) is 1. The minimum absolute atomic E-state index is 0.000358. The van der Waals surface area contributed by atoms with E-state index in [0.29, 0.717) is 0 Å². The van der Waals surface area contributed by atoms with Gasteiger partial charge < -0.3 is 10.1 Å². The van der Waals surface area contributed by atoms with Crippen molar-refractivity contribution in [3.8, 4) is 5.75 Å². The summed E-state index contributed by atoms with van der Waals surface area (Å²) in [7, 11) is 1.63. The fourth-order valence-electron chi connectivity index (χ4n) is 4.00. The van der Waals surface area contributed by atoms with Crippen LogP contribution in [-0.2, 0) is 6.18 Å². The van der Waals surface area contributed by atoms with Crippen molar-refractivity contribution < 1.29 is 17.9 Å². The van der Waals surface area contributed by atoms with Crippen LogP contribution in [0.1, 0.15) is 35.1 Å². The van der Waals surface area contributed by atoms with E-state index in [9.17, 15) is 13.2 Å². The van der Waals surface area contributed by atoms with Crippen molar-refractivity contribution in [2.24, 2.45) is 5.92 Å². The molecule has 0 unspecified atom stereocenters. The Bertz CT molecular complexity index is 828. The second kappa shape index (κ2) is 5.83. The van der Waals surface area contributed by atoms with E-state index < -0.39 is 11.7 Å². The van der Waals surface area contributed by atoms with Crippen LogP contribution in [-0.4, -0.2) is 7.11 Å². The molecule has 5 heteroatoms. The summed E-state index contributed by atoms with van der Waals surface area (Å²) in [6.45, 7) is 0. The highest BCUT2D eigenvalue weighted by Gasteiger charge is 2.40. The lowest BCUT2D eigenvalue weighted by Gasteiger charge is -2.38. The Balaban J connectivity index is 1.79. The molecule has 2 aromatic carbocycles. The first kappa shape index (κ1) is 16.1. The maximum absolute atomic E-state index is 13.1. The van der Waals surface area contributed by atoms with Crippen LogP contribution in [0.4, 0.5) is 18.9 Å². The number of para-hydroxylation sites is 1. The van der Waals surface area contributed by atoms with Crippen LogP contribution < -0.4 is 10.1 Å². The van der Waals surface area contributed by atoms with Crippen molar-refractivity contribution in [2.45, 2.75) is 24.6 Å². The summed E-state index contributed by atoms with van der Waals surface area (Å²) in [5, 5.41) is 3.45. The standard InChI is InChI=1S/C20H18F3NO/c1-25-18-8-3-2-5-15(18)19-14-7-4-6-13(14)16-11-12(20(21,22)23)9-10-17(16)24-19/h2-6,8-11,13-14,19,24H,7H2,1H3/t13-,14-,19-/m1/s1. The number of ether oxygens (including phenoxy) is 1. The largest absolute Gasteiger partial charge is 0.496 e. The van der Waals surface area contributed by atoms with Crippen LogP contribution in [0.3, 0.4) is 0 Å². The summed E-state index contributed by atoms with van der Waals surface area (Å²) in [5.74, 6) is 0.946. The van der Waals surface area contributed by atoms with E-state index in [-0.39, 0.29) is 17.9 Å². The number of anilines is 1. The second-order valence-electron chi connectivity index (χ2n) is 6.52. The van der Waals surface area contributed by atoms with Crippen molar-refractivity contribution >= 4 is 5.69 Å². The Morgan fingerprint density at radius 1 is 1.08 bits per heavy atom. The summed E-state index contributed by atoms with van der Waals surface area (Å²) in [5.41, 5.74) is 1.92. The molecule has 2 aromatic rings. The molecule has 130 valence electrons. The number of halogens is 3. The van der Waals surface area contributed by atoms with Gasteiger partial charge in [0, 0.05) is 17.2 Å². The number of alkyl halides is 3. The molecule has 25 heavy (non-hydrogen) atoms. The zero-order valence-corrected chi connectivity index (χ0v) is 13.7. The highest BCUT2D eigenvalue weighted by molar-refractivity contribution is 5.61. The van der Waals surface area contributed by atoms with Gasteiger partial charge in [0.2, 0.25) is 0 Å². The number of methoxy groups -OCH3 is 1. The van der Waals surface area contributed by atoms with Crippen molar-refractivity contribution in [3.63, 3.8) is 0 Å². The molecular formula is C20H18F3NO. The number of benzene rings is 2. The third-order valence-corrected chi connectivity index (χ3v) is 5.16. The smallest absolute Gasteiger partial charge is 0.416 e. The Labute approximate surface area is 144 Å². The quantitative estimate of drug-likeness (QED) is 0.722. The molecule has 1 aliphatic heterocycles. The Hall–Kier alpha value is -2.43. The van der Waals surface area contributed by atoms with E-state index in [4.69, 9.17) is 4.74 Å². The van der Waals surface area contributed by atoms with Gasteiger partial charge in [0.15, 0.2) is 0 Å². The van der Waals surface area contributed by atoms with E-state index in [1.165, 1.54) is 6.07 Å². The zero-order chi connectivity index (χ0) is 17.6. The molecular weight excluding hydrogens is 327 g/mol. The van der Waals surface area contributed by atoms with Gasteiger partial charge >= 0.3 is 6.18 Å². The first-order valence-electron chi connectivity index (χ1n) is 8.26. The molecule has 0 fully saturated rings. The molecule has 0 saturated heterocycles. The van der Waals surface area contributed by atoms with Gasteiger partial charge in [-0.1, -0.05) is 30.4 Å². The van der Waals surface area contributed by atoms with E-state index in [1.807, 2.05) is 30.3 Å². The predicted molar refractivity (Wildman–Crippen MR) is 90.8 cm³/mol. The van der Waals surface area contributed by atoms with Crippen molar-refractivity contribution in [1.29, 1.82) is 0 Å². The molecule has 0 aromatic heterocycles. The molecule has 0 spiro atoms. The topological polar surface area (TPSA) is 21.3 Å². The lowest BCUT2D eigenvalue weighted by atomic mass is 9.76. The Morgan fingerprint density at radius 3 is 2.64 bits per heavy atom. The highest BCUT2D eigenvalue weighted by atomic mass is 19.4. The first-order valence-corrected chi connectivity index (χ1v) is 8.26. The Kier molecular flexibility index (Phi) is 3.74. The minimum atomic E-state index is -4.33. The molecule has 2 nitrogen and oxygen atoms in total. The molecule has 0 amide bonds. The monoisotopic (exact) mass is 345 g/mol. The fraction of sp³-hybridized carbons (Fsp3) is 0.300. The van der Waals surface area contributed by atoms with E-state index in [0.717, 1.165) is 35.1 Å². The maximum Gasteiger partial charge on any atom is 0.416 e. The van der Waals surface area contributed by atoms with Gasteiger partial charge in [-0.3, -0.25) is 0 Å². The highest BCUT2D eigenvalue weighted by Crippen LogP contribution is 2.51. The predicted octanol–water partition coefficient (Wildman–Crippen LogP) is 5.54. The summed E-state index contributed by atoms with van der Waals surface area (Å²) in [6, 6.07) is 11.8. The summed E-state index contributed by atoms with van der Waals surface area (Å²) >= 11 is 0. The van der Waals surface area contributed by atoms with Crippen LogP contribution in [0.2, 0.25) is 0 Å². The third-order valence-electron chi connectivity index (χ3n) is 5.16. The molecule has 1 heterocycles. The lowest BCUT2D eigenvalue weighted by molar-refractivity contribution is -0.137. The number of hydrogen-bond acceptors (Lipinski definition) is 2. The second-order valence-corrected chi connectivity index (χ2v) is 6.52. The van der Waals surface area contributed by atoms with E-state index in [2.05, 4.69) is 11.4 Å². The molecule has 4 rings (SSSR count). The van der Waals surface area contributed by atoms with Crippen LogP contribution in [0.25, 0.3) is 0 Å². The van der Waals surface area contributed by atoms with Crippen molar-refractivity contribution in [1.82, 2.24) is 0 Å². The van der Waals surface area contributed by atoms with Gasteiger partial charge in [-0.25, -0.2) is 0 Å². The maximum atomic E-state index is 13.1. The van der Waals surface area contributed by atoms with Crippen LogP contribution in [0.5, 0.6) is 5.75 Å². The van der Waals surface area contributed by atoms with Crippen LogP contribution in [0, 0.1) is 5.92 Å². The summed E-state index contributed by atoms with van der Waals surface area (Å²) < 4.78 is 44.8. The van der Waals surface area contributed by atoms with Gasteiger partial charge in [0.1, 0.15) is 5.75 Å². The molecule has 0 radical (unpaired) electrons. The minimum Gasteiger partial charge on any atom is -0.496 e. The van der Waals surface area contributed by atoms with Gasteiger partial charge in [-0.15, -0.1) is 0 Å². The van der Waals surface area contributed by atoms with Gasteiger partial charge in [-0.2, -0.15) is 13.2 Å². The average Bonchev–Trinajstić information content (AvgIpc) is 3.10. The third kappa shape index (κ3) is 2.68. The summed E-state index contributed by atoms with van der Waals surface area (Å²) in [4.78, 5) is 0. The van der Waals surface area contributed by atoms with Gasteiger partial charge in [0.05, 0.1) is 18.7 Å². The van der Waals surface area contributed by atoms with E-state index >= 15 is 0 Å². The van der Waals surface area contributed by atoms with E-state index in [1.54, 1.807) is 13.2 Å². The van der Waals surface area contributed by atoms with Crippen molar-refractivity contribution in [2.75, 3.05) is 12.4 Å². The van der Waals surface area contributed by atoms with Crippen LogP contribution >= 0.6 is 0 Å². The summed E-state index contributed by atoms with van der Waals surface area (Å²) in [6.07, 6.45) is 0.601. The van der Waals surface area contributed by atoms with Crippen molar-refractivity contribution in [3.05, 3.63) is 71.3 Å². The molecule has 3 atom stereocenters. The SMILES string of the molecule is COc1ccccc1[C@@H]1Nc2ccc(C(F)(F)F)cc2[C@@H]2C=CC[C@H]21. The molecule has 1 aliphatic carbocycles. The fourth-order valence-corrected chi connectivity index (χ4v) is 4.00. The zero-order valence-electron chi connectivity index (χ0n) is 13.7.